The lowest BCUT2D eigenvalue weighted by molar-refractivity contribution is -0.137. The van der Waals surface area contributed by atoms with Gasteiger partial charge in [0.2, 0.25) is 5.91 Å². The molecule has 1 amide bonds. The molecule has 1 aliphatic heterocycles. The highest BCUT2D eigenvalue weighted by Crippen LogP contribution is 2.31. The van der Waals surface area contributed by atoms with E-state index in [1.54, 1.807) is 6.07 Å². The quantitative estimate of drug-likeness (QED) is 0.706. The number of carbonyl (C=O) groups excluding carboxylic acids is 1. The predicted molar refractivity (Wildman–Crippen MR) is 101 cm³/mol. The average molecular weight is 386 g/mol. The van der Waals surface area contributed by atoms with Crippen LogP contribution >= 0.6 is 0 Å². The van der Waals surface area contributed by atoms with Crippen LogP contribution in [0.25, 0.3) is 0 Å². The average Bonchev–Trinajstić information content (AvgIpc) is 2.64. The first-order chi connectivity index (χ1) is 12.7. The fraction of sp³-hybridized carbons (Fsp3) is 0.632. The number of halogens is 3. The summed E-state index contributed by atoms with van der Waals surface area (Å²) < 4.78 is 38.6. The topological polar surface area (TPSA) is 61.6 Å². The van der Waals surface area contributed by atoms with Gasteiger partial charge >= 0.3 is 6.18 Å². The number of nitrogens with zero attached hydrogens (tertiary/aromatic N) is 2. The van der Waals surface area contributed by atoms with Gasteiger partial charge in [-0.2, -0.15) is 13.2 Å². The molecule has 1 aromatic rings. The van der Waals surface area contributed by atoms with E-state index in [-0.39, 0.29) is 11.8 Å². The molecule has 152 valence electrons. The number of benzene rings is 1. The van der Waals surface area contributed by atoms with Crippen molar-refractivity contribution in [2.24, 2.45) is 11.7 Å². The molecule has 2 rings (SSSR count). The second kappa shape index (κ2) is 9.41. The molecule has 0 unspecified atom stereocenters. The molecule has 0 saturated carbocycles. The predicted octanol–water partition coefficient (Wildman–Crippen LogP) is 2.32. The van der Waals surface area contributed by atoms with E-state index < -0.39 is 17.8 Å². The number of alkyl halides is 3. The smallest absolute Gasteiger partial charge is 0.369 e. The van der Waals surface area contributed by atoms with Gasteiger partial charge in [-0.25, -0.2) is 0 Å². The maximum atomic E-state index is 12.9. The van der Waals surface area contributed by atoms with Gasteiger partial charge in [-0.1, -0.05) is 19.9 Å². The third-order valence-corrected chi connectivity index (χ3v) is 4.88. The maximum Gasteiger partial charge on any atom is 0.416 e. The van der Waals surface area contributed by atoms with Crippen molar-refractivity contribution < 1.29 is 18.0 Å². The molecule has 8 heteroatoms. The Bertz CT molecular complexity index is 613. The summed E-state index contributed by atoms with van der Waals surface area (Å²) in [5.74, 6) is -0.0201. The molecule has 0 spiro atoms. The molecule has 0 aromatic heterocycles. The van der Waals surface area contributed by atoms with Crippen molar-refractivity contribution in [3.8, 4) is 0 Å². The van der Waals surface area contributed by atoms with E-state index in [0.717, 1.165) is 32.1 Å². The summed E-state index contributed by atoms with van der Waals surface area (Å²) in [6.07, 6.45) is -3.50. The Morgan fingerprint density at radius 2 is 1.89 bits per heavy atom. The van der Waals surface area contributed by atoms with Crippen molar-refractivity contribution in [3.63, 3.8) is 0 Å². The van der Waals surface area contributed by atoms with Crippen molar-refractivity contribution in [2.45, 2.75) is 32.5 Å². The monoisotopic (exact) mass is 386 g/mol. The van der Waals surface area contributed by atoms with Crippen LogP contribution in [-0.2, 0) is 11.0 Å². The van der Waals surface area contributed by atoms with Crippen LogP contribution in [0.5, 0.6) is 0 Å². The SMILES string of the molecule is CC(C)[C@H](N)C(=O)NCCCN1CCN(c2cccc(C(F)(F)F)c2)CC1. The van der Waals surface area contributed by atoms with Crippen LogP contribution < -0.4 is 16.0 Å². The molecule has 1 aliphatic rings. The fourth-order valence-corrected chi connectivity index (χ4v) is 3.04. The number of piperazine rings is 1. The molecule has 27 heavy (non-hydrogen) atoms. The number of hydrogen-bond donors (Lipinski definition) is 2. The number of carbonyl (C=O) groups is 1. The minimum absolute atomic E-state index is 0.105. The Morgan fingerprint density at radius 3 is 2.48 bits per heavy atom. The van der Waals surface area contributed by atoms with Crippen molar-refractivity contribution in [1.29, 1.82) is 0 Å². The van der Waals surface area contributed by atoms with Gasteiger partial charge in [-0.15, -0.1) is 0 Å². The zero-order chi connectivity index (χ0) is 20.0. The zero-order valence-corrected chi connectivity index (χ0v) is 15.9. The van der Waals surface area contributed by atoms with E-state index in [9.17, 15) is 18.0 Å². The summed E-state index contributed by atoms with van der Waals surface area (Å²) in [7, 11) is 0. The first-order valence-electron chi connectivity index (χ1n) is 9.36. The minimum Gasteiger partial charge on any atom is -0.369 e. The summed E-state index contributed by atoms with van der Waals surface area (Å²) >= 11 is 0. The van der Waals surface area contributed by atoms with Gasteiger partial charge in [-0.05, 0) is 37.1 Å². The highest BCUT2D eigenvalue weighted by Gasteiger charge is 2.31. The van der Waals surface area contributed by atoms with E-state index >= 15 is 0 Å². The molecule has 3 N–H and O–H groups in total. The fourth-order valence-electron chi connectivity index (χ4n) is 3.04. The van der Waals surface area contributed by atoms with Gasteiger partial charge in [0.15, 0.2) is 0 Å². The van der Waals surface area contributed by atoms with Gasteiger partial charge < -0.3 is 16.0 Å². The van der Waals surface area contributed by atoms with E-state index in [4.69, 9.17) is 5.73 Å². The Labute approximate surface area is 158 Å². The first kappa shape index (κ1) is 21.5. The van der Waals surface area contributed by atoms with Crippen molar-refractivity contribution >= 4 is 11.6 Å². The summed E-state index contributed by atoms with van der Waals surface area (Å²) in [4.78, 5) is 16.0. The molecule has 0 radical (unpaired) electrons. The second-order valence-electron chi connectivity index (χ2n) is 7.29. The van der Waals surface area contributed by atoms with Crippen LogP contribution in [0.2, 0.25) is 0 Å². The van der Waals surface area contributed by atoms with Gasteiger partial charge in [-0.3, -0.25) is 9.69 Å². The summed E-state index contributed by atoms with van der Waals surface area (Å²) in [5, 5.41) is 2.85. The van der Waals surface area contributed by atoms with E-state index in [1.807, 2.05) is 18.7 Å². The van der Waals surface area contributed by atoms with Crippen LogP contribution in [0.4, 0.5) is 18.9 Å². The lowest BCUT2D eigenvalue weighted by Crippen LogP contribution is -2.47. The van der Waals surface area contributed by atoms with Crippen molar-refractivity contribution in [2.75, 3.05) is 44.2 Å². The Morgan fingerprint density at radius 1 is 1.22 bits per heavy atom. The number of amides is 1. The molecule has 1 fully saturated rings. The van der Waals surface area contributed by atoms with Crippen LogP contribution in [0.15, 0.2) is 24.3 Å². The Kier molecular flexibility index (Phi) is 7.49. The van der Waals surface area contributed by atoms with Crippen LogP contribution in [-0.4, -0.2) is 56.1 Å². The second-order valence-corrected chi connectivity index (χ2v) is 7.29. The third-order valence-electron chi connectivity index (χ3n) is 4.88. The molecule has 1 saturated heterocycles. The van der Waals surface area contributed by atoms with Crippen LogP contribution in [0, 0.1) is 5.92 Å². The summed E-state index contributed by atoms with van der Waals surface area (Å²) in [6.45, 7) is 8.19. The van der Waals surface area contributed by atoms with E-state index in [1.165, 1.54) is 12.1 Å². The largest absolute Gasteiger partial charge is 0.416 e. The minimum atomic E-state index is -4.32. The third kappa shape index (κ3) is 6.39. The summed E-state index contributed by atoms with van der Waals surface area (Å²) in [5.41, 5.74) is 5.79. The van der Waals surface area contributed by atoms with Crippen LogP contribution in [0.1, 0.15) is 25.8 Å². The number of hydrogen-bond acceptors (Lipinski definition) is 4. The molecule has 1 atom stereocenters. The number of rotatable bonds is 7. The highest BCUT2D eigenvalue weighted by atomic mass is 19.4. The van der Waals surface area contributed by atoms with Gasteiger partial charge in [0, 0.05) is 38.4 Å². The number of nitrogens with one attached hydrogen (secondary N) is 1. The number of anilines is 1. The normalized spacial score (nSPS) is 17.2. The molecule has 0 bridgehead atoms. The van der Waals surface area contributed by atoms with Crippen molar-refractivity contribution in [3.05, 3.63) is 29.8 Å². The Hall–Kier alpha value is -1.80. The lowest BCUT2D eigenvalue weighted by atomic mass is 10.1. The standard InChI is InChI=1S/C19H29F3N4O/c1-14(2)17(23)18(27)24-7-4-8-25-9-11-26(12-10-25)16-6-3-5-15(13-16)19(20,21)22/h3,5-6,13-14,17H,4,7-12,23H2,1-2H3,(H,24,27)/t17-/m0/s1. The molecular formula is C19H29F3N4O. The molecule has 0 aliphatic carbocycles. The van der Waals surface area contributed by atoms with Gasteiger partial charge in [0.25, 0.3) is 0 Å². The van der Waals surface area contributed by atoms with E-state index in [0.29, 0.717) is 25.3 Å². The Balaban J connectivity index is 1.72. The van der Waals surface area contributed by atoms with Crippen LogP contribution in [0.3, 0.4) is 0 Å². The zero-order valence-electron chi connectivity index (χ0n) is 15.9. The maximum absolute atomic E-state index is 12.9. The van der Waals surface area contributed by atoms with Gasteiger partial charge in [0.05, 0.1) is 11.6 Å². The molecule has 1 heterocycles. The van der Waals surface area contributed by atoms with E-state index in [2.05, 4.69) is 10.2 Å². The highest BCUT2D eigenvalue weighted by molar-refractivity contribution is 5.81. The first-order valence-corrected chi connectivity index (χ1v) is 9.36. The summed E-state index contributed by atoms with van der Waals surface area (Å²) in [6, 6.07) is 5.00. The van der Waals surface area contributed by atoms with Gasteiger partial charge in [0.1, 0.15) is 0 Å². The molecular weight excluding hydrogens is 357 g/mol. The molecule has 1 aromatic carbocycles. The van der Waals surface area contributed by atoms with Crippen molar-refractivity contribution in [1.82, 2.24) is 10.2 Å². The number of nitrogens with two attached hydrogens (primary N) is 1. The molecule has 5 nitrogen and oxygen atoms in total. The lowest BCUT2D eigenvalue weighted by Gasteiger charge is -2.36.